The van der Waals surface area contributed by atoms with Crippen LogP contribution < -0.4 is 10.1 Å². The van der Waals surface area contributed by atoms with E-state index in [4.69, 9.17) is 5.26 Å². The van der Waals surface area contributed by atoms with Gasteiger partial charge in [0, 0.05) is 55.7 Å². The maximum Gasteiger partial charge on any atom is 0.573 e. The fraction of sp³-hybridized carbons (Fsp3) is 0.432. The molecule has 11 heteroatoms. The zero-order chi connectivity index (χ0) is 33.9. The summed E-state index contributed by atoms with van der Waals surface area (Å²) in [5.41, 5.74) is 1.78. The smallest absolute Gasteiger partial charge is 0.405 e. The van der Waals surface area contributed by atoms with Crippen molar-refractivity contribution in [3.05, 3.63) is 89.2 Å². The third-order valence-electron chi connectivity index (χ3n) is 10.1. The lowest BCUT2D eigenvalue weighted by Crippen LogP contribution is -2.52. The lowest BCUT2D eigenvalue weighted by atomic mass is 9.73. The number of likely N-dealkylation sites (tertiary alicyclic amines) is 2. The number of carbonyl (C=O) groups excluding carboxylic acids is 2. The van der Waals surface area contributed by atoms with Crippen LogP contribution in [0.4, 0.5) is 17.6 Å². The van der Waals surface area contributed by atoms with E-state index in [9.17, 15) is 27.2 Å². The Morgan fingerprint density at radius 3 is 2.52 bits per heavy atom. The van der Waals surface area contributed by atoms with Crippen LogP contribution in [0.15, 0.2) is 66.7 Å². The molecule has 252 valence electrons. The molecule has 2 amide bonds. The number of nitrogens with zero attached hydrogens (tertiary/aromatic N) is 3. The second-order valence-electron chi connectivity index (χ2n) is 13.3. The Hall–Kier alpha value is -4.43. The topological polar surface area (TPSA) is 85.7 Å². The molecule has 2 heterocycles. The quantitative estimate of drug-likeness (QED) is 0.265. The highest BCUT2D eigenvalue weighted by Gasteiger charge is 2.44. The van der Waals surface area contributed by atoms with Gasteiger partial charge < -0.3 is 19.9 Å². The highest BCUT2D eigenvalue weighted by Crippen LogP contribution is 2.44. The monoisotopic (exact) mass is 662 g/mol. The predicted octanol–water partition coefficient (Wildman–Crippen LogP) is 6.92. The molecule has 0 radical (unpaired) electrons. The van der Waals surface area contributed by atoms with E-state index in [1.54, 1.807) is 9.80 Å². The Labute approximate surface area is 277 Å². The van der Waals surface area contributed by atoms with Gasteiger partial charge in [-0.3, -0.25) is 9.59 Å². The van der Waals surface area contributed by atoms with Gasteiger partial charge in [-0.25, -0.2) is 4.39 Å². The van der Waals surface area contributed by atoms with E-state index in [1.165, 1.54) is 36.8 Å². The van der Waals surface area contributed by atoms with E-state index >= 15 is 0 Å². The van der Waals surface area contributed by atoms with E-state index in [2.05, 4.69) is 10.1 Å². The van der Waals surface area contributed by atoms with Crippen LogP contribution in [0.2, 0.25) is 0 Å². The minimum atomic E-state index is -4.93. The van der Waals surface area contributed by atoms with Crippen molar-refractivity contribution in [2.75, 3.05) is 26.2 Å². The molecule has 0 bridgehead atoms. The van der Waals surface area contributed by atoms with Crippen LogP contribution in [0.1, 0.15) is 67.6 Å². The second kappa shape index (κ2) is 14.0. The molecule has 2 saturated heterocycles. The van der Waals surface area contributed by atoms with Gasteiger partial charge in [0.25, 0.3) is 0 Å². The first-order valence-electron chi connectivity index (χ1n) is 16.5. The van der Waals surface area contributed by atoms with Crippen molar-refractivity contribution >= 4 is 11.8 Å². The van der Waals surface area contributed by atoms with Crippen LogP contribution in [0, 0.1) is 22.6 Å². The van der Waals surface area contributed by atoms with Crippen molar-refractivity contribution in [3.63, 3.8) is 0 Å². The predicted molar refractivity (Wildman–Crippen MR) is 171 cm³/mol. The minimum Gasteiger partial charge on any atom is -0.405 e. The van der Waals surface area contributed by atoms with E-state index in [-0.39, 0.29) is 59.0 Å². The fourth-order valence-corrected chi connectivity index (χ4v) is 7.66. The van der Waals surface area contributed by atoms with Crippen molar-refractivity contribution in [2.24, 2.45) is 5.41 Å². The number of carbonyl (C=O) groups is 2. The van der Waals surface area contributed by atoms with Crippen molar-refractivity contribution in [3.8, 4) is 22.9 Å². The molecule has 3 aromatic rings. The average Bonchev–Trinajstić information content (AvgIpc) is 3.36. The summed E-state index contributed by atoms with van der Waals surface area (Å²) < 4.78 is 59.3. The van der Waals surface area contributed by atoms with E-state index in [0.717, 1.165) is 37.3 Å². The summed E-state index contributed by atoms with van der Waals surface area (Å²) in [5, 5.41) is 12.5. The summed E-state index contributed by atoms with van der Waals surface area (Å²) in [7, 11) is 0. The Kier molecular flexibility index (Phi) is 9.74. The average molecular weight is 663 g/mol. The largest absolute Gasteiger partial charge is 0.573 e. The van der Waals surface area contributed by atoms with Gasteiger partial charge in [0.1, 0.15) is 11.6 Å². The van der Waals surface area contributed by atoms with Crippen molar-refractivity contribution < 1.29 is 31.9 Å². The molecule has 1 N–H and O–H groups in total. The van der Waals surface area contributed by atoms with Crippen LogP contribution in [0.5, 0.6) is 5.75 Å². The molecule has 48 heavy (non-hydrogen) atoms. The lowest BCUT2D eigenvalue weighted by molar-refractivity contribution is -0.274. The molecule has 1 spiro atoms. The van der Waals surface area contributed by atoms with Crippen LogP contribution in [-0.4, -0.2) is 60.2 Å². The summed E-state index contributed by atoms with van der Waals surface area (Å²) in [6.07, 6.45) is 1.59. The van der Waals surface area contributed by atoms with Crippen LogP contribution >= 0.6 is 0 Å². The lowest BCUT2D eigenvalue weighted by Gasteiger charge is -2.40. The van der Waals surface area contributed by atoms with E-state index in [1.807, 2.05) is 36.4 Å². The van der Waals surface area contributed by atoms with Gasteiger partial charge >= 0.3 is 6.36 Å². The molecule has 0 unspecified atom stereocenters. The van der Waals surface area contributed by atoms with E-state index < -0.39 is 17.9 Å². The molecule has 1 aliphatic carbocycles. The fourth-order valence-electron chi connectivity index (χ4n) is 7.66. The number of alkyl halides is 3. The molecule has 3 aliphatic rings. The van der Waals surface area contributed by atoms with Crippen molar-refractivity contribution in [1.29, 1.82) is 5.26 Å². The van der Waals surface area contributed by atoms with Gasteiger partial charge in [-0.15, -0.1) is 13.2 Å². The Balaban J connectivity index is 1.19. The van der Waals surface area contributed by atoms with Gasteiger partial charge in [0.05, 0.1) is 18.2 Å². The number of ether oxygens (including phenoxy) is 1. The maximum absolute atomic E-state index is 14.9. The Bertz CT molecular complexity index is 1680. The molecule has 6 rings (SSSR count). The van der Waals surface area contributed by atoms with Crippen LogP contribution in [0.3, 0.4) is 0 Å². The van der Waals surface area contributed by atoms with E-state index in [0.29, 0.717) is 38.0 Å². The van der Waals surface area contributed by atoms with Gasteiger partial charge in [-0.2, -0.15) is 5.26 Å². The normalized spacial score (nSPS) is 20.9. The number of hydrogen-bond donors (Lipinski definition) is 1. The SMILES string of the molecule is N#Cc1ccc(-c2ccc(OC(F)(F)F)c(CN[C@H]3CCN(C(=O)CN4CC5(CCCCC5)CC4=O)C[C@H]3c3ccccc3)c2)c(F)c1. The highest BCUT2D eigenvalue weighted by molar-refractivity contribution is 5.86. The summed E-state index contributed by atoms with van der Waals surface area (Å²) >= 11 is 0. The third kappa shape index (κ3) is 7.65. The summed E-state index contributed by atoms with van der Waals surface area (Å²) in [6.45, 7) is 1.48. The molecule has 2 atom stereocenters. The van der Waals surface area contributed by atoms with Crippen molar-refractivity contribution in [2.45, 2.75) is 69.8 Å². The highest BCUT2D eigenvalue weighted by atomic mass is 19.4. The van der Waals surface area contributed by atoms with Gasteiger partial charge in [-0.05, 0) is 60.1 Å². The number of piperidine rings is 1. The Morgan fingerprint density at radius 1 is 1.04 bits per heavy atom. The molecule has 3 fully saturated rings. The molecule has 0 aromatic heterocycles. The number of hydrogen-bond acceptors (Lipinski definition) is 5. The summed E-state index contributed by atoms with van der Waals surface area (Å²) in [5.74, 6) is -1.30. The number of amides is 2. The zero-order valence-corrected chi connectivity index (χ0v) is 26.6. The third-order valence-corrected chi connectivity index (χ3v) is 10.1. The number of benzene rings is 3. The first-order chi connectivity index (χ1) is 23.0. The van der Waals surface area contributed by atoms with Crippen molar-refractivity contribution in [1.82, 2.24) is 15.1 Å². The van der Waals surface area contributed by atoms with Crippen LogP contribution in [0.25, 0.3) is 11.1 Å². The number of nitriles is 1. The first kappa shape index (κ1) is 33.5. The molecule has 1 saturated carbocycles. The van der Waals surface area contributed by atoms with Gasteiger partial charge in [0.2, 0.25) is 11.8 Å². The summed E-state index contributed by atoms with van der Waals surface area (Å²) in [4.78, 5) is 30.0. The molecular formula is C37H38F4N4O3. The second-order valence-corrected chi connectivity index (χ2v) is 13.3. The van der Waals surface area contributed by atoms with Gasteiger partial charge in [0.15, 0.2) is 0 Å². The molecular weight excluding hydrogens is 624 g/mol. The Morgan fingerprint density at radius 2 is 1.81 bits per heavy atom. The number of halogens is 4. The number of rotatable bonds is 8. The number of nitrogens with one attached hydrogen (secondary N) is 1. The zero-order valence-electron chi connectivity index (χ0n) is 26.6. The maximum atomic E-state index is 14.9. The molecule has 7 nitrogen and oxygen atoms in total. The first-order valence-corrected chi connectivity index (χ1v) is 16.5. The summed E-state index contributed by atoms with van der Waals surface area (Å²) in [6, 6.07) is 19.3. The minimum absolute atomic E-state index is 0.00303. The van der Waals surface area contributed by atoms with Gasteiger partial charge in [-0.1, -0.05) is 61.7 Å². The molecule has 3 aromatic carbocycles. The molecule has 2 aliphatic heterocycles. The van der Waals surface area contributed by atoms with Crippen LogP contribution in [-0.2, 0) is 16.1 Å². The standard InChI is InChI=1S/C37H38F4N4O3/c38-31-17-25(20-42)9-11-29(31)27-10-12-33(48-37(39,40)41)28(18-27)21-43-32-13-16-44(22-30(32)26-7-3-1-4-8-26)35(47)23-45-24-36(19-34(45)46)14-5-2-6-15-36/h1,3-4,7-12,17-18,30,32,43H,2,5-6,13-16,19,21-24H2/t30-,32-/m0/s1.